The Bertz CT molecular complexity index is 883. The summed E-state index contributed by atoms with van der Waals surface area (Å²) in [7, 11) is 0. The third kappa shape index (κ3) is 5.57. The van der Waals surface area contributed by atoms with Crippen molar-refractivity contribution in [1.29, 1.82) is 0 Å². The maximum absolute atomic E-state index is 12.0. The number of carbonyl (C=O) groups excluding carboxylic acids is 1. The van der Waals surface area contributed by atoms with Gasteiger partial charge in [-0.25, -0.2) is 9.78 Å². The minimum atomic E-state index is -0.404. The highest BCUT2D eigenvalue weighted by Crippen LogP contribution is 2.13. The summed E-state index contributed by atoms with van der Waals surface area (Å²) >= 11 is 0. The number of ether oxygens (including phenoxy) is 2. The predicted molar refractivity (Wildman–Crippen MR) is 104 cm³/mol. The van der Waals surface area contributed by atoms with Gasteiger partial charge in [0.2, 0.25) is 0 Å². The van der Waals surface area contributed by atoms with Crippen molar-refractivity contribution in [3.63, 3.8) is 0 Å². The Labute approximate surface area is 158 Å². The molecule has 0 unspecified atom stereocenters. The van der Waals surface area contributed by atoms with Crippen molar-refractivity contribution >= 4 is 12.0 Å². The summed E-state index contributed by atoms with van der Waals surface area (Å²) in [4.78, 5) is 16.3. The lowest BCUT2D eigenvalue weighted by Crippen LogP contribution is -2.08. The van der Waals surface area contributed by atoms with Crippen molar-refractivity contribution in [3.8, 4) is 5.75 Å². The van der Waals surface area contributed by atoms with Crippen molar-refractivity contribution in [1.82, 2.24) is 9.55 Å². The Morgan fingerprint density at radius 1 is 1.11 bits per heavy atom. The smallest absolute Gasteiger partial charge is 0.331 e. The lowest BCUT2D eigenvalue weighted by Gasteiger charge is -2.08. The fourth-order valence-corrected chi connectivity index (χ4v) is 2.59. The predicted octanol–water partition coefficient (Wildman–Crippen LogP) is 4.09. The first-order valence-electron chi connectivity index (χ1n) is 8.86. The van der Waals surface area contributed by atoms with Gasteiger partial charge >= 0.3 is 5.97 Å². The third-order valence-electron chi connectivity index (χ3n) is 3.94. The zero-order chi connectivity index (χ0) is 18.9. The number of hydrogen-bond acceptors (Lipinski definition) is 4. The molecule has 0 atom stereocenters. The standard InChI is InChI=1S/C22H22N2O3/c1-2-26-20-11-8-18(9-12-20)10-13-22(25)27-17-21-23-14-15-24(21)16-19-6-4-3-5-7-19/h3-15H,2,16-17H2,1H3. The van der Waals surface area contributed by atoms with Gasteiger partial charge in [-0.2, -0.15) is 0 Å². The second-order valence-corrected chi connectivity index (χ2v) is 5.90. The molecule has 0 saturated heterocycles. The highest BCUT2D eigenvalue weighted by Gasteiger charge is 2.06. The number of rotatable bonds is 8. The average molecular weight is 362 g/mol. The number of nitrogens with zero attached hydrogens (tertiary/aromatic N) is 2. The topological polar surface area (TPSA) is 53.4 Å². The van der Waals surface area contributed by atoms with E-state index < -0.39 is 5.97 Å². The van der Waals surface area contributed by atoms with Crippen LogP contribution in [-0.2, 0) is 22.7 Å². The molecule has 138 valence electrons. The monoisotopic (exact) mass is 362 g/mol. The Hall–Kier alpha value is -3.34. The molecule has 1 heterocycles. The molecule has 0 amide bonds. The molecule has 0 spiro atoms. The minimum Gasteiger partial charge on any atom is -0.494 e. The summed E-state index contributed by atoms with van der Waals surface area (Å²) in [5.41, 5.74) is 2.07. The van der Waals surface area contributed by atoms with Crippen molar-refractivity contribution in [2.24, 2.45) is 0 Å². The number of carbonyl (C=O) groups is 1. The van der Waals surface area contributed by atoms with E-state index in [1.165, 1.54) is 11.6 Å². The Morgan fingerprint density at radius 3 is 2.63 bits per heavy atom. The van der Waals surface area contributed by atoms with Crippen molar-refractivity contribution in [3.05, 3.63) is 90.0 Å². The first-order chi connectivity index (χ1) is 13.2. The van der Waals surface area contributed by atoms with Gasteiger partial charge < -0.3 is 14.0 Å². The quantitative estimate of drug-likeness (QED) is 0.447. The molecule has 0 saturated carbocycles. The van der Waals surface area contributed by atoms with Crippen molar-refractivity contribution < 1.29 is 14.3 Å². The summed E-state index contributed by atoms with van der Waals surface area (Å²) in [5.74, 6) is 1.11. The molecule has 0 bridgehead atoms. The van der Waals surface area contributed by atoms with Crippen LogP contribution < -0.4 is 4.74 Å². The van der Waals surface area contributed by atoms with Crippen LogP contribution in [0.3, 0.4) is 0 Å². The van der Waals surface area contributed by atoms with Gasteiger partial charge in [-0.05, 0) is 36.3 Å². The largest absolute Gasteiger partial charge is 0.494 e. The number of benzene rings is 2. The summed E-state index contributed by atoms with van der Waals surface area (Å²) in [6.45, 7) is 3.39. The summed E-state index contributed by atoms with van der Waals surface area (Å²) < 4.78 is 12.7. The van der Waals surface area contributed by atoms with E-state index in [9.17, 15) is 4.79 Å². The second kappa shape index (κ2) is 9.38. The maximum Gasteiger partial charge on any atom is 0.331 e. The van der Waals surface area contributed by atoms with E-state index in [1.54, 1.807) is 12.3 Å². The molecule has 0 aliphatic carbocycles. The van der Waals surface area contributed by atoms with Gasteiger partial charge in [-0.1, -0.05) is 42.5 Å². The van der Waals surface area contributed by atoms with Crippen LogP contribution in [0, 0.1) is 0 Å². The van der Waals surface area contributed by atoms with E-state index in [0.29, 0.717) is 19.0 Å². The molecule has 0 aliphatic heterocycles. The molecule has 0 aliphatic rings. The zero-order valence-electron chi connectivity index (χ0n) is 15.2. The fourth-order valence-electron chi connectivity index (χ4n) is 2.59. The normalized spacial score (nSPS) is 10.9. The number of hydrogen-bond donors (Lipinski definition) is 0. The van der Waals surface area contributed by atoms with Crippen LogP contribution in [0.4, 0.5) is 0 Å². The van der Waals surface area contributed by atoms with Gasteiger partial charge in [0.25, 0.3) is 0 Å². The van der Waals surface area contributed by atoms with Crippen LogP contribution in [0.25, 0.3) is 6.08 Å². The second-order valence-electron chi connectivity index (χ2n) is 5.90. The Kier molecular flexibility index (Phi) is 6.41. The van der Waals surface area contributed by atoms with E-state index in [4.69, 9.17) is 9.47 Å². The van der Waals surface area contributed by atoms with Gasteiger partial charge in [-0.3, -0.25) is 0 Å². The molecule has 3 aromatic rings. The molecule has 2 aromatic carbocycles. The van der Waals surface area contributed by atoms with E-state index >= 15 is 0 Å². The summed E-state index contributed by atoms with van der Waals surface area (Å²) in [5, 5.41) is 0. The van der Waals surface area contributed by atoms with E-state index in [0.717, 1.165) is 11.3 Å². The molecule has 0 N–H and O–H groups in total. The molecule has 27 heavy (non-hydrogen) atoms. The molecule has 0 radical (unpaired) electrons. The molecule has 3 rings (SSSR count). The van der Waals surface area contributed by atoms with Gasteiger partial charge in [0, 0.05) is 25.0 Å². The first-order valence-corrected chi connectivity index (χ1v) is 8.86. The molecule has 0 fully saturated rings. The zero-order valence-corrected chi connectivity index (χ0v) is 15.2. The molecule has 5 heteroatoms. The van der Waals surface area contributed by atoms with Crippen molar-refractivity contribution in [2.45, 2.75) is 20.1 Å². The Balaban J connectivity index is 1.53. The van der Waals surface area contributed by atoms with Crippen LogP contribution in [0.2, 0.25) is 0 Å². The van der Waals surface area contributed by atoms with Gasteiger partial charge in [0.1, 0.15) is 18.2 Å². The van der Waals surface area contributed by atoms with E-state index in [1.807, 2.05) is 60.2 Å². The molecule has 5 nitrogen and oxygen atoms in total. The summed E-state index contributed by atoms with van der Waals surface area (Å²) in [6.07, 6.45) is 6.72. The van der Waals surface area contributed by atoms with Crippen molar-refractivity contribution in [2.75, 3.05) is 6.61 Å². The van der Waals surface area contributed by atoms with Crippen LogP contribution in [-0.4, -0.2) is 22.1 Å². The minimum absolute atomic E-state index is 0.131. The lowest BCUT2D eigenvalue weighted by molar-refractivity contribution is -0.139. The number of imidazole rings is 1. The summed E-state index contributed by atoms with van der Waals surface area (Å²) in [6, 6.07) is 17.6. The van der Waals surface area contributed by atoms with Crippen LogP contribution in [0.5, 0.6) is 5.75 Å². The van der Waals surface area contributed by atoms with Gasteiger partial charge in [0.15, 0.2) is 0 Å². The lowest BCUT2D eigenvalue weighted by atomic mass is 10.2. The van der Waals surface area contributed by atoms with Crippen LogP contribution >= 0.6 is 0 Å². The molecular formula is C22H22N2O3. The maximum atomic E-state index is 12.0. The molecular weight excluding hydrogens is 340 g/mol. The van der Waals surface area contributed by atoms with E-state index in [2.05, 4.69) is 17.1 Å². The van der Waals surface area contributed by atoms with Crippen LogP contribution in [0.15, 0.2) is 73.1 Å². The first kappa shape index (κ1) is 18.5. The Morgan fingerprint density at radius 2 is 1.89 bits per heavy atom. The SMILES string of the molecule is CCOc1ccc(C=CC(=O)OCc2nccn2Cc2ccccc2)cc1. The molecule has 1 aromatic heterocycles. The highest BCUT2D eigenvalue weighted by atomic mass is 16.5. The number of esters is 1. The van der Waals surface area contributed by atoms with Gasteiger partial charge in [0.05, 0.1) is 6.61 Å². The fraction of sp³-hybridized carbons (Fsp3) is 0.182. The third-order valence-corrected chi connectivity index (χ3v) is 3.94. The van der Waals surface area contributed by atoms with Gasteiger partial charge in [-0.15, -0.1) is 0 Å². The van der Waals surface area contributed by atoms with Crippen LogP contribution in [0.1, 0.15) is 23.9 Å². The average Bonchev–Trinajstić information content (AvgIpc) is 3.14. The highest BCUT2D eigenvalue weighted by molar-refractivity contribution is 5.87. The van der Waals surface area contributed by atoms with E-state index in [-0.39, 0.29) is 6.61 Å². The number of aromatic nitrogens is 2.